The second kappa shape index (κ2) is 4.00. The van der Waals surface area contributed by atoms with Gasteiger partial charge in [-0.1, -0.05) is 0 Å². The number of hydrogen-bond acceptors (Lipinski definition) is 2. The molecule has 0 aliphatic heterocycles. The van der Waals surface area contributed by atoms with Crippen LogP contribution in [-0.4, -0.2) is 0 Å². The molecule has 2 rings (SSSR count). The summed E-state index contributed by atoms with van der Waals surface area (Å²) in [6, 6.07) is 6.75. The van der Waals surface area contributed by atoms with E-state index >= 15 is 0 Å². The Morgan fingerprint density at radius 3 is 2.79 bits per heavy atom. The highest BCUT2D eigenvalue weighted by Crippen LogP contribution is 2.21. The topological polar surface area (TPSA) is 25.2 Å². The van der Waals surface area contributed by atoms with Gasteiger partial charge >= 0.3 is 0 Å². The molecule has 0 amide bonds. The van der Waals surface area contributed by atoms with Crippen molar-refractivity contribution in [2.45, 2.75) is 0 Å². The van der Waals surface area contributed by atoms with Crippen LogP contribution in [0.4, 0.5) is 15.8 Å². The third kappa shape index (κ3) is 2.06. The fraction of sp³-hybridized carbons (Fsp3) is 0. The maximum absolute atomic E-state index is 13.3. The molecule has 1 N–H and O–H groups in total. The largest absolute Gasteiger partial charge is 0.470 e. The fourth-order valence-corrected chi connectivity index (χ4v) is 1.54. The lowest BCUT2D eigenvalue weighted by Gasteiger charge is -2.04. The Balaban J connectivity index is 2.25. The molecule has 2 nitrogen and oxygen atoms in total. The van der Waals surface area contributed by atoms with Crippen molar-refractivity contribution >= 4 is 34.0 Å². The van der Waals surface area contributed by atoms with E-state index in [9.17, 15) is 4.39 Å². The highest BCUT2D eigenvalue weighted by atomic mass is 127. The third-order valence-corrected chi connectivity index (χ3v) is 2.40. The molecule has 4 heteroatoms. The summed E-state index contributed by atoms with van der Waals surface area (Å²) in [6.07, 6.45) is 3.06. The van der Waals surface area contributed by atoms with Crippen molar-refractivity contribution in [3.63, 3.8) is 0 Å². The summed E-state index contributed by atoms with van der Waals surface area (Å²) in [5, 5.41) is 2.91. The van der Waals surface area contributed by atoms with Gasteiger partial charge < -0.3 is 9.73 Å². The van der Waals surface area contributed by atoms with E-state index in [-0.39, 0.29) is 5.82 Å². The Kier molecular flexibility index (Phi) is 2.72. The average molecular weight is 303 g/mol. The van der Waals surface area contributed by atoms with Crippen LogP contribution in [0.2, 0.25) is 0 Å². The molecule has 0 bridgehead atoms. The molecule has 0 atom stereocenters. The van der Waals surface area contributed by atoms with Gasteiger partial charge in [-0.25, -0.2) is 4.39 Å². The monoisotopic (exact) mass is 303 g/mol. The summed E-state index contributed by atoms with van der Waals surface area (Å²) in [5.41, 5.74) is 1.19. The van der Waals surface area contributed by atoms with Crippen LogP contribution in [0.1, 0.15) is 0 Å². The Labute approximate surface area is 94.3 Å². The molecule has 0 radical (unpaired) electrons. The van der Waals surface area contributed by atoms with E-state index in [0.717, 1.165) is 9.26 Å². The van der Waals surface area contributed by atoms with Crippen molar-refractivity contribution in [2.75, 3.05) is 5.32 Å². The number of hydrogen-bond donors (Lipinski definition) is 1. The van der Waals surface area contributed by atoms with E-state index < -0.39 is 0 Å². The smallest absolute Gasteiger partial charge is 0.147 e. The van der Waals surface area contributed by atoms with Crippen molar-refractivity contribution in [3.8, 4) is 0 Å². The summed E-state index contributed by atoms with van der Waals surface area (Å²) in [6.45, 7) is 0. The highest BCUT2D eigenvalue weighted by molar-refractivity contribution is 14.1. The second-order valence-corrected chi connectivity index (χ2v) is 4.01. The first-order valence-electron chi connectivity index (χ1n) is 4.00. The van der Waals surface area contributed by atoms with Gasteiger partial charge in [0.2, 0.25) is 0 Å². The normalized spacial score (nSPS) is 10.1. The van der Waals surface area contributed by atoms with Crippen LogP contribution < -0.4 is 5.32 Å². The van der Waals surface area contributed by atoms with Gasteiger partial charge in [0.05, 0.1) is 17.6 Å². The molecule has 1 aromatic carbocycles. The zero-order chi connectivity index (χ0) is 9.97. The lowest BCUT2D eigenvalue weighted by molar-refractivity contribution is 0.568. The van der Waals surface area contributed by atoms with Crippen molar-refractivity contribution in [1.29, 1.82) is 0 Å². The standard InChI is InChI=1S/C10H7FINO/c11-9-5-7(12)1-2-10(9)13-8-3-4-14-6-8/h1-6,13H. The lowest BCUT2D eigenvalue weighted by atomic mass is 10.3. The molecular weight excluding hydrogens is 296 g/mol. The first-order chi connectivity index (χ1) is 6.75. The van der Waals surface area contributed by atoms with E-state index in [1.807, 2.05) is 6.07 Å². The minimum absolute atomic E-state index is 0.266. The zero-order valence-corrected chi connectivity index (χ0v) is 9.29. The van der Waals surface area contributed by atoms with Crippen LogP contribution in [-0.2, 0) is 0 Å². The van der Waals surface area contributed by atoms with Crippen LogP contribution in [0, 0.1) is 9.39 Å². The molecule has 0 fully saturated rings. The Hall–Kier alpha value is -1.04. The summed E-state index contributed by atoms with van der Waals surface area (Å²) in [5.74, 6) is -0.266. The molecule has 0 aliphatic carbocycles. The van der Waals surface area contributed by atoms with Gasteiger partial charge in [-0.15, -0.1) is 0 Å². The van der Waals surface area contributed by atoms with E-state index in [4.69, 9.17) is 4.42 Å². The predicted molar refractivity (Wildman–Crippen MR) is 61.1 cm³/mol. The Bertz CT molecular complexity index is 428. The van der Waals surface area contributed by atoms with Crippen molar-refractivity contribution in [1.82, 2.24) is 0 Å². The first kappa shape index (κ1) is 9.51. The van der Waals surface area contributed by atoms with E-state index in [2.05, 4.69) is 27.9 Å². The van der Waals surface area contributed by atoms with Crippen LogP contribution >= 0.6 is 22.6 Å². The molecule has 1 heterocycles. The van der Waals surface area contributed by atoms with Crippen molar-refractivity contribution in [3.05, 3.63) is 46.2 Å². The van der Waals surface area contributed by atoms with Gasteiger partial charge in [-0.2, -0.15) is 0 Å². The van der Waals surface area contributed by atoms with E-state index in [1.54, 1.807) is 12.1 Å². The minimum Gasteiger partial charge on any atom is -0.470 e. The molecule has 1 aromatic heterocycles. The van der Waals surface area contributed by atoms with Crippen LogP contribution in [0.3, 0.4) is 0 Å². The maximum atomic E-state index is 13.3. The van der Waals surface area contributed by atoms with E-state index in [0.29, 0.717) is 5.69 Å². The molecular formula is C10H7FINO. The van der Waals surface area contributed by atoms with Crippen LogP contribution in [0.25, 0.3) is 0 Å². The molecule has 14 heavy (non-hydrogen) atoms. The molecule has 2 aromatic rings. The molecule has 72 valence electrons. The lowest BCUT2D eigenvalue weighted by Crippen LogP contribution is -1.92. The molecule has 0 spiro atoms. The predicted octanol–water partition coefficient (Wildman–Crippen LogP) is 3.77. The summed E-state index contributed by atoms with van der Waals surface area (Å²) >= 11 is 2.07. The summed E-state index contributed by atoms with van der Waals surface area (Å²) in [7, 11) is 0. The molecule has 0 aliphatic rings. The number of benzene rings is 1. The van der Waals surface area contributed by atoms with Gasteiger partial charge in [-0.3, -0.25) is 0 Å². The Morgan fingerprint density at radius 2 is 2.14 bits per heavy atom. The van der Waals surface area contributed by atoms with Crippen LogP contribution in [0.5, 0.6) is 0 Å². The SMILES string of the molecule is Fc1cc(I)ccc1Nc1ccoc1. The second-order valence-electron chi connectivity index (χ2n) is 2.76. The first-order valence-corrected chi connectivity index (χ1v) is 5.08. The fourth-order valence-electron chi connectivity index (χ4n) is 1.08. The van der Waals surface area contributed by atoms with E-state index in [1.165, 1.54) is 18.6 Å². The third-order valence-electron chi connectivity index (χ3n) is 1.73. The maximum Gasteiger partial charge on any atom is 0.147 e. The van der Waals surface area contributed by atoms with Gasteiger partial charge in [-0.05, 0) is 46.9 Å². The summed E-state index contributed by atoms with van der Waals surface area (Å²) in [4.78, 5) is 0. The van der Waals surface area contributed by atoms with Gasteiger partial charge in [0.15, 0.2) is 0 Å². The van der Waals surface area contributed by atoms with Gasteiger partial charge in [0.1, 0.15) is 12.1 Å². The highest BCUT2D eigenvalue weighted by Gasteiger charge is 2.02. The van der Waals surface area contributed by atoms with Gasteiger partial charge in [0.25, 0.3) is 0 Å². The number of furan rings is 1. The minimum atomic E-state index is -0.266. The molecule has 0 saturated heterocycles. The van der Waals surface area contributed by atoms with Crippen molar-refractivity contribution < 1.29 is 8.81 Å². The number of halogens is 2. The zero-order valence-electron chi connectivity index (χ0n) is 7.13. The molecule has 0 unspecified atom stereocenters. The Morgan fingerprint density at radius 1 is 1.29 bits per heavy atom. The average Bonchev–Trinajstić information content (AvgIpc) is 2.62. The van der Waals surface area contributed by atoms with Crippen LogP contribution in [0.15, 0.2) is 41.2 Å². The number of rotatable bonds is 2. The number of anilines is 2. The summed E-state index contributed by atoms with van der Waals surface area (Å²) < 4.78 is 19.1. The van der Waals surface area contributed by atoms with Gasteiger partial charge in [0, 0.05) is 3.57 Å². The molecule has 0 saturated carbocycles. The van der Waals surface area contributed by atoms with Crippen molar-refractivity contribution in [2.24, 2.45) is 0 Å². The quantitative estimate of drug-likeness (QED) is 0.854. The number of nitrogens with one attached hydrogen (secondary N) is 1.